The van der Waals surface area contributed by atoms with Gasteiger partial charge < -0.3 is 0 Å². The molecule has 2 unspecified atom stereocenters. The van der Waals surface area contributed by atoms with Crippen LogP contribution in [-0.2, 0) is 12.8 Å². The molecule has 160 valence electrons. The van der Waals surface area contributed by atoms with Gasteiger partial charge >= 0.3 is 0 Å². The molecular formula is C27H31F3. The van der Waals surface area contributed by atoms with Gasteiger partial charge in [-0.2, -0.15) is 0 Å². The van der Waals surface area contributed by atoms with Crippen molar-refractivity contribution in [3.05, 3.63) is 76.6 Å². The third-order valence-electron chi connectivity index (χ3n) is 6.90. The second kappa shape index (κ2) is 9.41. The molecule has 2 aliphatic carbocycles. The predicted molar refractivity (Wildman–Crippen MR) is 118 cm³/mol. The van der Waals surface area contributed by atoms with E-state index in [9.17, 15) is 13.2 Å². The smallest absolute Gasteiger partial charge is 0.123 e. The Hall–Kier alpha value is -2.03. The summed E-state index contributed by atoms with van der Waals surface area (Å²) < 4.78 is 43.2. The van der Waals surface area contributed by atoms with Crippen LogP contribution in [0.25, 0.3) is 5.57 Å². The first-order valence-corrected chi connectivity index (χ1v) is 11.4. The molecule has 3 heteroatoms. The molecule has 0 aromatic heterocycles. The summed E-state index contributed by atoms with van der Waals surface area (Å²) in [6.07, 6.45) is 6.65. The van der Waals surface area contributed by atoms with E-state index in [0.29, 0.717) is 19.3 Å². The highest BCUT2D eigenvalue weighted by Crippen LogP contribution is 2.42. The number of benzene rings is 2. The fourth-order valence-corrected chi connectivity index (χ4v) is 5.20. The van der Waals surface area contributed by atoms with E-state index in [4.69, 9.17) is 0 Å². The highest BCUT2D eigenvalue weighted by atomic mass is 19.1. The number of halogens is 3. The maximum atomic E-state index is 14.9. The van der Waals surface area contributed by atoms with Crippen LogP contribution < -0.4 is 0 Å². The monoisotopic (exact) mass is 412 g/mol. The van der Waals surface area contributed by atoms with Crippen molar-refractivity contribution in [3.63, 3.8) is 0 Å². The lowest BCUT2D eigenvalue weighted by atomic mass is 9.74. The number of hydrogen-bond acceptors (Lipinski definition) is 0. The van der Waals surface area contributed by atoms with Gasteiger partial charge in [-0.15, -0.1) is 0 Å². The highest BCUT2D eigenvalue weighted by molar-refractivity contribution is 5.70. The quantitative estimate of drug-likeness (QED) is 0.425. The third kappa shape index (κ3) is 4.66. The van der Waals surface area contributed by atoms with Crippen molar-refractivity contribution in [2.24, 2.45) is 5.92 Å². The van der Waals surface area contributed by atoms with Crippen LogP contribution in [0.15, 0.2) is 48.5 Å². The molecule has 1 saturated carbocycles. The number of allylic oxidation sites excluding steroid dienone is 2. The van der Waals surface area contributed by atoms with Crippen LogP contribution in [0.3, 0.4) is 0 Å². The van der Waals surface area contributed by atoms with Crippen LogP contribution in [0.4, 0.5) is 13.2 Å². The van der Waals surface area contributed by atoms with E-state index in [1.54, 1.807) is 6.07 Å². The fraction of sp³-hybridized carbons (Fsp3) is 0.481. The Labute approximate surface area is 178 Å². The van der Waals surface area contributed by atoms with E-state index < -0.39 is 18.3 Å². The van der Waals surface area contributed by atoms with Crippen molar-refractivity contribution in [1.29, 1.82) is 0 Å². The average Bonchev–Trinajstić information content (AvgIpc) is 2.74. The van der Waals surface area contributed by atoms with Crippen LogP contribution in [0, 0.1) is 11.7 Å². The molecule has 0 amide bonds. The molecule has 2 aromatic carbocycles. The minimum absolute atomic E-state index is 0.175. The zero-order chi connectivity index (χ0) is 21.1. The van der Waals surface area contributed by atoms with Crippen molar-refractivity contribution in [1.82, 2.24) is 0 Å². The molecule has 4 rings (SSSR count). The van der Waals surface area contributed by atoms with Gasteiger partial charge in [0.1, 0.15) is 18.2 Å². The Bertz CT molecular complexity index is 871. The van der Waals surface area contributed by atoms with E-state index in [1.807, 2.05) is 30.3 Å². The van der Waals surface area contributed by atoms with E-state index in [-0.39, 0.29) is 11.7 Å². The van der Waals surface area contributed by atoms with E-state index in [1.165, 1.54) is 11.6 Å². The number of unbranched alkanes of at least 4 members (excludes halogenated alkanes) is 2. The van der Waals surface area contributed by atoms with Gasteiger partial charge in [-0.3, -0.25) is 0 Å². The zero-order valence-electron chi connectivity index (χ0n) is 17.7. The van der Waals surface area contributed by atoms with Gasteiger partial charge in [-0.05, 0) is 71.6 Å². The summed E-state index contributed by atoms with van der Waals surface area (Å²) in [4.78, 5) is 0. The molecule has 2 aromatic rings. The van der Waals surface area contributed by atoms with Crippen LogP contribution in [-0.4, -0.2) is 12.3 Å². The summed E-state index contributed by atoms with van der Waals surface area (Å²) in [6, 6.07) is 12.7. The maximum absolute atomic E-state index is 14.9. The minimum Gasteiger partial charge on any atom is -0.247 e. The molecule has 0 spiro atoms. The molecule has 0 bridgehead atoms. The lowest BCUT2D eigenvalue weighted by Gasteiger charge is -2.35. The molecular weight excluding hydrogens is 381 g/mol. The topological polar surface area (TPSA) is 0 Å². The molecule has 0 N–H and O–H groups in total. The summed E-state index contributed by atoms with van der Waals surface area (Å²) in [7, 11) is 0. The standard InChI is InChI=1S/C27H31F3/c1-2-3-4-5-18-14-25(29)27(26(30)15-18)20-8-6-19(7-9-20)21-10-11-23-17-24(28)13-12-22(23)16-21/h6-10,12-13,17-18,25-27H,2-5,11,14-16H2,1H3. The van der Waals surface area contributed by atoms with Gasteiger partial charge in [0.2, 0.25) is 0 Å². The maximum Gasteiger partial charge on any atom is 0.123 e. The van der Waals surface area contributed by atoms with Crippen LogP contribution in [0.1, 0.15) is 73.6 Å². The second-order valence-corrected chi connectivity index (χ2v) is 9.04. The van der Waals surface area contributed by atoms with Gasteiger partial charge in [0.25, 0.3) is 0 Å². The zero-order valence-corrected chi connectivity index (χ0v) is 17.7. The summed E-state index contributed by atoms with van der Waals surface area (Å²) in [6.45, 7) is 2.15. The van der Waals surface area contributed by atoms with Crippen molar-refractivity contribution in [2.45, 2.75) is 76.6 Å². The van der Waals surface area contributed by atoms with Crippen molar-refractivity contribution >= 4 is 5.57 Å². The minimum atomic E-state index is -1.11. The van der Waals surface area contributed by atoms with E-state index in [0.717, 1.165) is 54.4 Å². The van der Waals surface area contributed by atoms with E-state index >= 15 is 0 Å². The summed E-state index contributed by atoms with van der Waals surface area (Å²) in [5.41, 5.74) is 5.21. The van der Waals surface area contributed by atoms with Crippen LogP contribution in [0.2, 0.25) is 0 Å². The van der Waals surface area contributed by atoms with Gasteiger partial charge in [0, 0.05) is 5.92 Å². The summed E-state index contributed by atoms with van der Waals surface area (Å²) in [5.74, 6) is -0.670. The molecule has 30 heavy (non-hydrogen) atoms. The van der Waals surface area contributed by atoms with Gasteiger partial charge in [0.05, 0.1) is 0 Å². The average molecular weight is 413 g/mol. The number of rotatable bonds is 6. The lowest BCUT2D eigenvalue weighted by molar-refractivity contribution is 0.0822. The molecule has 0 radical (unpaired) electrons. The summed E-state index contributed by atoms with van der Waals surface area (Å²) in [5, 5.41) is 0. The third-order valence-corrected chi connectivity index (χ3v) is 6.90. The van der Waals surface area contributed by atoms with Crippen LogP contribution >= 0.6 is 0 Å². The van der Waals surface area contributed by atoms with Gasteiger partial charge in [-0.25, -0.2) is 13.2 Å². The first-order chi connectivity index (χ1) is 14.5. The number of alkyl halides is 2. The largest absolute Gasteiger partial charge is 0.247 e. The summed E-state index contributed by atoms with van der Waals surface area (Å²) >= 11 is 0. The number of fused-ring (bicyclic) bond motifs is 1. The second-order valence-electron chi connectivity index (χ2n) is 9.04. The van der Waals surface area contributed by atoms with Crippen molar-refractivity contribution in [3.8, 4) is 0 Å². The normalized spacial score (nSPS) is 26.2. The molecule has 0 saturated heterocycles. The molecule has 0 heterocycles. The first kappa shape index (κ1) is 21.2. The highest BCUT2D eigenvalue weighted by Gasteiger charge is 2.39. The van der Waals surface area contributed by atoms with E-state index in [2.05, 4.69) is 13.0 Å². The SMILES string of the molecule is CCCCCC1CC(F)C(c2ccc(C3=CCc4cc(F)ccc4C3)cc2)C(F)C1. The molecule has 0 nitrogen and oxygen atoms in total. The Balaban J connectivity index is 1.43. The van der Waals surface area contributed by atoms with Gasteiger partial charge in [-0.1, -0.05) is 69.0 Å². The first-order valence-electron chi connectivity index (χ1n) is 11.4. The fourth-order valence-electron chi connectivity index (χ4n) is 5.20. The Morgan fingerprint density at radius 1 is 0.900 bits per heavy atom. The van der Waals surface area contributed by atoms with Crippen molar-refractivity contribution < 1.29 is 13.2 Å². The Kier molecular flexibility index (Phi) is 6.65. The molecule has 2 aliphatic rings. The predicted octanol–water partition coefficient (Wildman–Crippen LogP) is 7.76. The Morgan fingerprint density at radius 3 is 2.33 bits per heavy atom. The van der Waals surface area contributed by atoms with Crippen molar-refractivity contribution in [2.75, 3.05) is 0 Å². The lowest BCUT2D eigenvalue weighted by Crippen LogP contribution is -2.33. The molecule has 1 fully saturated rings. The molecule has 2 atom stereocenters. The molecule has 0 aliphatic heterocycles. The van der Waals surface area contributed by atoms with Gasteiger partial charge in [0.15, 0.2) is 0 Å². The number of hydrogen-bond donors (Lipinski definition) is 0. The van der Waals surface area contributed by atoms with Crippen LogP contribution in [0.5, 0.6) is 0 Å². The Morgan fingerprint density at radius 2 is 1.63 bits per heavy atom.